The van der Waals surface area contributed by atoms with Crippen molar-refractivity contribution in [3.05, 3.63) is 72.9 Å². The summed E-state index contributed by atoms with van der Waals surface area (Å²) in [4.78, 5) is 0. The predicted molar refractivity (Wildman–Crippen MR) is 73.4 cm³/mol. The van der Waals surface area contributed by atoms with E-state index in [2.05, 4.69) is 15.4 Å². The second kappa shape index (κ2) is 6.86. The average Bonchev–Trinajstić information content (AvgIpc) is 2.51. The van der Waals surface area contributed by atoms with Crippen molar-refractivity contribution in [2.45, 2.75) is 0 Å². The van der Waals surface area contributed by atoms with Crippen LogP contribution in [0.5, 0.6) is 5.75 Å². The highest BCUT2D eigenvalue weighted by Crippen LogP contribution is 2.13. The molecular weight excluding hydrogens is 238 g/mol. The third-order valence-corrected chi connectivity index (χ3v) is 2.33. The molecule has 0 bridgehead atoms. The minimum atomic E-state index is 0.322. The van der Waals surface area contributed by atoms with E-state index in [1.165, 1.54) is 0 Å². The number of benzene rings is 2. The first kappa shape index (κ1) is 12.7. The predicted octanol–water partition coefficient (Wildman–Crippen LogP) is 2.93. The molecule has 1 heterocycles. The van der Waals surface area contributed by atoms with E-state index >= 15 is 0 Å². The van der Waals surface area contributed by atoms with Crippen molar-refractivity contribution < 1.29 is 5.11 Å². The summed E-state index contributed by atoms with van der Waals surface area (Å²) >= 11 is 0. The number of phenolic OH excluding ortho intramolecular Hbond substituents is 1. The van der Waals surface area contributed by atoms with Gasteiger partial charge in [0.2, 0.25) is 0 Å². The Kier molecular flexibility index (Phi) is 4.58. The number of nitrogens with zero attached hydrogens (tertiary/aromatic N) is 3. The summed E-state index contributed by atoms with van der Waals surface area (Å²) in [6.07, 6.45) is 1.63. The maximum Gasteiger partial charge on any atom is 0.115 e. The fourth-order valence-electron chi connectivity index (χ4n) is 1.43. The maximum atomic E-state index is 8.63. The molecule has 4 heteroatoms. The van der Waals surface area contributed by atoms with Gasteiger partial charge in [0.15, 0.2) is 0 Å². The van der Waals surface area contributed by atoms with Crippen LogP contribution in [0, 0.1) is 0 Å². The zero-order valence-electron chi connectivity index (χ0n) is 10.2. The molecule has 0 aliphatic rings. The average molecular weight is 251 g/mol. The normalized spacial score (nSPS) is 9.26. The minimum Gasteiger partial charge on any atom is -0.508 e. The molecule has 19 heavy (non-hydrogen) atoms. The second-order valence-corrected chi connectivity index (χ2v) is 3.71. The Bertz CT molecular complexity index is 548. The largest absolute Gasteiger partial charge is 0.508 e. The van der Waals surface area contributed by atoms with Crippen molar-refractivity contribution in [3.8, 4) is 17.0 Å². The topological polar surface area (TPSA) is 58.9 Å². The van der Waals surface area contributed by atoms with Crippen LogP contribution in [0.1, 0.15) is 0 Å². The number of hydrogen-bond donors (Lipinski definition) is 1. The highest BCUT2D eigenvalue weighted by Gasteiger charge is 1.95. The van der Waals surface area contributed by atoms with Crippen LogP contribution in [0.2, 0.25) is 0 Å². The highest BCUT2D eigenvalue weighted by molar-refractivity contribution is 5.57. The van der Waals surface area contributed by atoms with E-state index in [4.69, 9.17) is 5.11 Å². The molecule has 94 valence electrons. The zero-order chi connectivity index (χ0) is 13.3. The molecule has 0 atom stereocenters. The van der Waals surface area contributed by atoms with Gasteiger partial charge < -0.3 is 5.11 Å². The van der Waals surface area contributed by atoms with Gasteiger partial charge in [-0.1, -0.05) is 48.5 Å². The van der Waals surface area contributed by atoms with E-state index in [1.807, 2.05) is 42.5 Å². The Balaban J connectivity index is 0.000000163. The van der Waals surface area contributed by atoms with E-state index in [9.17, 15) is 0 Å². The molecule has 0 unspecified atom stereocenters. The van der Waals surface area contributed by atoms with Gasteiger partial charge in [-0.25, -0.2) is 0 Å². The van der Waals surface area contributed by atoms with E-state index in [0.717, 1.165) is 11.3 Å². The highest BCUT2D eigenvalue weighted by atomic mass is 16.3. The second-order valence-electron chi connectivity index (χ2n) is 3.71. The van der Waals surface area contributed by atoms with Crippen LogP contribution in [0.25, 0.3) is 11.3 Å². The fraction of sp³-hybridized carbons (Fsp3) is 0. The molecule has 0 aliphatic carbocycles. The van der Waals surface area contributed by atoms with Crippen molar-refractivity contribution >= 4 is 0 Å². The minimum absolute atomic E-state index is 0.322. The lowest BCUT2D eigenvalue weighted by atomic mass is 10.2. The van der Waals surface area contributed by atoms with Crippen LogP contribution in [0.4, 0.5) is 0 Å². The molecule has 0 amide bonds. The molecule has 0 saturated heterocycles. The summed E-state index contributed by atoms with van der Waals surface area (Å²) in [5.41, 5.74) is 1.91. The number of aromatic nitrogens is 3. The van der Waals surface area contributed by atoms with E-state index < -0.39 is 0 Å². The summed E-state index contributed by atoms with van der Waals surface area (Å²) in [5, 5.41) is 19.7. The van der Waals surface area contributed by atoms with Gasteiger partial charge in [0.25, 0.3) is 0 Å². The zero-order valence-corrected chi connectivity index (χ0v) is 10.2. The third kappa shape index (κ3) is 4.20. The van der Waals surface area contributed by atoms with Gasteiger partial charge in [-0.15, -0.1) is 10.2 Å². The number of phenols is 1. The van der Waals surface area contributed by atoms with Crippen LogP contribution in [0.15, 0.2) is 72.9 Å². The van der Waals surface area contributed by atoms with Crippen molar-refractivity contribution in [1.29, 1.82) is 0 Å². The molecule has 0 aliphatic heterocycles. The molecule has 4 nitrogen and oxygen atoms in total. The first-order valence-corrected chi connectivity index (χ1v) is 5.80. The molecule has 0 radical (unpaired) electrons. The van der Waals surface area contributed by atoms with E-state index in [0.29, 0.717) is 5.75 Å². The quantitative estimate of drug-likeness (QED) is 0.722. The van der Waals surface area contributed by atoms with Crippen LogP contribution < -0.4 is 0 Å². The van der Waals surface area contributed by atoms with Crippen LogP contribution in [-0.2, 0) is 0 Å². The number of para-hydroxylation sites is 1. The van der Waals surface area contributed by atoms with Gasteiger partial charge in [-0.05, 0) is 23.4 Å². The Morgan fingerprint density at radius 2 is 1.37 bits per heavy atom. The summed E-state index contributed by atoms with van der Waals surface area (Å²) in [7, 11) is 0. The van der Waals surface area contributed by atoms with Gasteiger partial charge in [0.1, 0.15) is 5.75 Å². The smallest absolute Gasteiger partial charge is 0.115 e. The van der Waals surface area contributed by atoms with Crippen LogP contribution >= 0.6 is 0 Å². The van der Waals surface area contributed by atoms with Crippen LogP contribution in [0.3, 0.4) is 0 Å². The maximum absolute atomic E-state index is 8.63. The van der Waals surface area contributed by atoms with E-state index in [-0.39, 0.29) is 0 Å². The van der Waals surface area contributed by atoms with Gasteiger partial charge in [0.05, 0.1) is 11.9 Å². The number of hydrogen-bond acceptors (Lipinski definition) is 4. The summed E-state index contributed by atoms with van der Waals surface area (Å²) < 4.78 is 0. The van der Waals surface area contributed by atoms with Crippen molar-refractivity contribution in [1.82, 2.24) is 15.4 Å². The molecule has 2 aromatic carbocycles. The molecule has 3 rings (SSSR count). The summed E-state index contributed by atoms with van der Waals surface area (Å²) in [6, 6.07) is 20.4. The molecule has 1 aromatic heterocycles. The molecule has 0 saturated carbocycles. The molecule has 0 fully saturated rings. The van der Waals surface area contributed by atoms with Gasteiger partial charge in [-0.2, -0.15) is 0 Å². The SMILES string of the molecule is Oc1ccccc1.c1ccc(-c2ccnnn2)cc1. The summed E-state index contributed by atoms with van der Waals surface area (Å²) in [5.74, 6) is 0.322. The lowest BCUT2D eigenvalue weighted by Gasteiger charge is -1.95. The first-order chi connectivity index (χ1) is 9.36. The lowest BCUT2D eigenvalue weighted by Crippen LogP contribution is -1.88. The molecule has 3 aromatic rings. The van der Waals surface area contributed by atoms with Gasteiger partial charge in [0, 0.05) is 5.56 Å². The molecular formula is C15H13N3O. The van der Waals surface area contributed by atoms with Gasteiger partial charge in [-0.3, -0.25) is 0 Å². The summed E-state index contributed by atoms with van der Waals surface area (Å²) in [6.45, 7) is 0. The Morgan fingerprint density at radius 1 is 0.737 bits per heavy atom. The molecule has 1 N–H and O–H groups in total. The van der Waals surface area contributed by atoms with Crippen LogP contribution in [-0.4, -0.2) is 20.5 Å². The Labute approximate surface area is 111 Å². The van der Waals surface area contributed by atoms with E-state index in [1.54, 1.807) is 30.5 Å². The van der Waals surface area contributed by atoms with Gasteiger partial charge >= 0.3 is 0 Å². The van der Waals surface area contributed by atoms with Crippen molar-refractivity contribution in [3.63, 3.8) is 0 Å². The molecule has 0 spiro atoms. The fourth-order valence-corrected chi connectivity index (χ4v) is 1.43. The number of rotatable bonds is 1. The standard InChI is InChI=1S/C9H7N3.C6H6O/c1-2-4-8(5-3-1)9-6-7-10-12-11-9;7-6-4-2-1-3-5-6/h1-7H;1-5,7H. The Morgan fingerprint density at radius 3 is 1.84 bits per heavy atom. The monoisotopic (exact) mass is 251 g/mol. The first-order valence-electron chi connectivity index (χ1n) is 5.80. The number of aromatic hydroxyl groups is 1. The van der Waals surface area contributed by atoms with Crippen molar-refractivity contribution in [2.24, 2.45) is 0 Å². The Hall–Kier alpha value is -2.75. The van der Waals surface area contributed by atoms with Crippen molar-refractivity contribution in [2.75, 3.05) is 0 Å². The lowest BCUT2D eigenvalue weighted by molar-refractivity contribution is 0.475. The third-order valence-electron chi connectivity index (χ3n) is 2.33.